The van der Waals surface area contributed by atoms with E-state index in [1.807, 2.05) is 43.1 Å². The van der Waals surface area contributed by atoms with Crippen molar-refractivity contribution < 1.29 is 4.42 Å². The van der Waals surface area contributed by atoms with E-state index in [1.54, 1.807) is 0 Å². The van der Waals surface area contributed by atoms with Gasteiger partial charge in [-0.05, 0) is 18.6 Å². The minimum absolute atomic E-state index is 0.0322. The van der Waals surface area contributed by atoms with Crippen molar-refractivity contribution in [2.24, 2.45) is 5.73 Å². The third kappa shape index (κ3) is 2.47. The summed E-state index contributed by atoms with van der Waals surface area (Å²) in [4.78, 5) is 1.87. The SMILES string of the molecule is CC(c1ccccc1Cl)N(C)c1nnc(CN)o1. The molecule has 0 saturated heterocycles. The van der Waals surface area contributed by atoms with Gasteiger partial charge in [0.15, 0.2) is 0 Å². The number of nitrogens with two attached hydrogens (primary N) is 1. The zero-order chi connectivity index (χ0) is 13.1. The molecule has 0 radical (unpaired) electrons. The van der Waals surface area contributed by atoms with Crippen LogP contribution in [-0.4, -0.2) is 17.2 Å². The summed E-state index contributed by atoms with van der Waals surface area (Å²) in [5.74, 6) is 0.420. The van der Waals surface area contributed by atoms with Crippen LogP contribution in [0.4, 0.5) is 6.01 Å². The number of halogens is 1. The highest BCUT2D eigenvalue weighted by Crippen LogP contribution is 2.28. The molecule has 0 aliphatic rings. The summed E-state index contributed by atoms with van der Waals surface area (Å²) in [5, 5.41) is 8.51. The maximum atomic E-state index is 6.17. The van der Waals surface area contributed by atoms with Crippen LogP contribution in [0, 0.1) is 0 Å². The summed E-state index contributed by atoms with van der Waals surface area (Å²) in [7, 11) is 1.88. The highest BCUT2D eigenvalue weighted by atomic mass is 35.5. The third-order valence-corrected chi connectivity index (χ3v) is 3.21. The molecule has 0 aliphatic heterocycles. The lowest BCUT2D eigenvalue weighted by Crippen LogP contribution is -2.22. The van der Waals surface area contributed by atoms with Gasteiger partial charge >= 0.3 is 6.01 Å². The van der Waals surface area contributed by atoms with E-state index < -0.39 is 0 Å². The van der Waals surface area contributed by atoms with E-state index in [0.29, 0.717) is 11.9 Å². The van der Waals surface area contributed by atoms with Crippen LogP contribution in [-0.2, 0) is 6.54 Å². The molecule has 2 rings (SSSR count). The molecule has 2 N–H and O–H groups in total. The van der Waals surface area contributed by atoms with E-state index in [1.165, 1.54) is 0 Å². The van der Waals surface area contributed by atoms with Gasteiger partial charge in [-0.25, -0.2) is 0 Å². The van der Waals surface area contributed by atoms with Crippen LogP contribution in [0.5, 0.6) is 0 Å². The molecular weight excluding hydrogens is 252 g/mol. The van der Waals surface area contributed by atoms with Crippen molar-refractivity contribution in [3.8, 4) is 0 Å². The summed E-state index contributed by atoms with van der Waals surface area (Å²) in [6, 6.07) is 8.15. The Morgan fingerprint density at radius 3 is 2.72 bits per heavy atom. The average molecular weight is 267 g/mol. The Bertz CT molecular complexity index is 528. The first kappa shape index (κ1) is 12.9. The number of benzene rings is 1. The highest BCUT2D eigenvalue weighted by Gasteiger charge is 2.19. The second-order valence-corrected chi connectivity index (χ2v) is 4.40. The molecule has 0 amide bonds. The zero-order valence-corrected chi connectivity index (χ0v) is 11.1. The van der Waals surface area contributed by atoms with Gasteiger partial charge in [-0.2, -0.15) is 0 Å². The molecule has 2 aromatic rings. The average Bonchev–Trinajstić information content (AvgIpc) is 2.86. The Morgan fingerprint density at radius 2 is 2.11 bits per heavy atom. The number of aromatic nitrogens is 2. The van der Waals surface area contributed by atoms with E-state index >= 15 is 0 Å². The van der Waals surface area contributed by atoms with Gasteiger partial charge in [-0.15, -0.1) is 5.10 Å². The van der Waals surface area contributed by atoms with Crippen LogP contribution in [0.15, 0.2) is 28.7 Å². The smallest absolute Gasteiger partial charge is 0.318 e. The topological polar surface area (TPSA) is 68.2 Å². The lowest BCUT2D eigenvalue weighted by Gasteiger charge is -2.23. The minimum atomic E-state index is 0.0322. The molecular formula is C12H15ClN4O. The monoisotopic (exact) mass is 266 g/mol. The van der Waals surface area contributed by atoms with Gasteiger partial charge < -0.3 is 15.1 Å². The molecule has 0 fully saturated rings. The fourth-order valence-corrected chi connectivity index (χ4v) is 1.95. The van der Waals surface area contributed by atoms with E-state index in [2.05, 4.69) is 10.2 Å². The van der Waals surface area contributed by atoms with Crippen LogP contribution < -0.4 is 10.6 Å². The standard InChI is InChI=1S/C12H15ClN4O/c1-8(9-5-3-4-6-10(9)13)17(2)12-16-15-11(7-14)18-12/h3-6,8H,7,14H2,1-2H3. The van der Waals surface area contributed by atoms with Gasteiger partial charge in [-0.3, -0.25) is 0 Å². The fraction of sp³-hybridized carbons (Fsp3) is 0.333. The summed E-state index contributed by atoms with van der Waals surface area (Å²) in [6.45, 7) is 2.26. The van der Waals surface area contributed by atoms with Crippen LogP contribution in [0.25, 0.3) is 0 Å². The van der Waals surface area contributed by atoms with Gasteiger partial charge in [0.2, 0.25) is 5.89 Å². The highest BCUT2D eigenvalue weighted by molar-refractivity contribution is 6.31. The third-order valence-electron chi connectivity index (χ3n) is 2.87. The summed E-state index contributed by atoms with van der Waals surface area (Å²) < 4.78 is 5.41. The van der Waals surface area contributed by atoms with Gasteiger partial charge in [0, 0.05) is 12.1 Å². The Labute approximate surface area is 111 Å². The van der Waals surface area contributed by atoms with Gasteiger partial charge in [0.05, 0.1) is 12.6 Å². The Kier molecular flexibility index (Phi) is 3.84. The predicted molar refractivity (Wildman–Crippen MR) is 70.5 cm³/mol. The predicted octanol–water partition coefficient (Wildman–Crippen LogP) is 2.38. The molecule has 0 saturated carbocycles. The van der Waals surface area contributed by atoms with Gasteiger partial charge in [-0.1, -0.05) is 34.9 Å². The van der Waals surface area contributed by atoms with Crippen LogP contribution in [0.3, 0.4) is 0 Å². The van der Waals surface area contributed by atoms with Crippen molar-refractivity contribution in [2.45, 2.75) is 19.5 Å². The molecule has 1 atom stereocenters. The van der Waals surface area contributed by atoms with Crippen LogP contribution >= 0.6 is 11.6 Å². The Hall–Kier alpha value is -1.59. The van der Waals surface area contributed by atoms with Crippen LogP contribution in [0.2, 0.25) is 5.02 Å². The number of nitrogens with zero attached hydrogens (tertiary/aromatic N) is 3. The molecule has 18 heavy (non-hydrogen) atoms. The van der Waals surface area contributed by atoms with E-state index in [9.17, 15) is 0 Å². The molecule has 96 valence electrons. The lowest BCUT2D eigenvalue weighted by atomic mass is 10.1. The normalized spacial score (nSPS) is 12.4. The Morgan fingerprint density at radius 1 is 1.39 bits per heavy atom. The molecule has 1 aromatic heterocycles. The van der Waals surface area contributed by atoms with E-state index in [-0.39, 0.29) is 12.6 Å². The van der Waals surface area contributed by atoms with E-state index in [4.69, 9.17) is 21.8 Å². The number of hydrogen-bond donors (Lipinski definition) is 1. The van der Waals surface area contributed by atoms with Crippen molar-refractivity contribution >= 4 is 17.6 Å². The summed E-state index contributed by atoms with van der Waals surface area (Å²) in [5.41, 5.74) is 6.45. The molecule has 5 nitrogen and oxygen atoms in total. The quantitative estimate of drug-likeness (QED) is 0.920. The maximum Gasteiger partial charge on any atom is 0.318 e. The second-order valence-electron chi connectivity index (χ2n) is 3.99. The summed E-state index contributed by atoms with van der Waals surface area (Å²) >= 11 is 6.17. The van der Waals surface area contributed by atoms with Gasteiger partial charge in [0.1, 0.15) is 0 Å². The molecule has 6 heteroatoms. The van der Waals surface area contributed by atoms with Crippen molar-refractivity contribution in [3.63, 3.8) is 0 Å². The Balaban J connectivity index is 2.23. The van der Waals surface area contributed by atoms with Crippen molar-refractivity contribution in [1.82, 2.24) is 10.2 Å². The van der Waals surface area contributed by atoms with Crippen LogP contribution in [0.1, 0.15) is 24.4 Å². The number of anilines is 1. The molecule has 1 aromatic carbocycles. The number of hydrogen-bond acceptors (Lipinski definition) is 5. The lowest BCUT2D eigenvalue weighted by molar-refractivity contribution is 0.480. The van der Waals surface area contributed by atoms with Gasteiger partial charge in [0.25, 0.3) is 0 Å². The minimum Gasteiger partial charge on any atom is -0.407 e. The summed E-state index contributed by atoms with van der Waals surface area (Å²) in [6.07, 6.45) is 0. The van der Waals surface area contributed by atoms with Crippen molar-refractivity contribution in [1.29, 1.82) is 0 Å². The first-order valence-electron chi connectivity index (χ1n) is 5.63. The molecule has 1 unspecified atom stereocenters. The van der Waals surface area contributed by atoms with Crippen molar-refractivity contribution in [3.05, 3.63) is 40.7 Å². The second kappa shape index (κ2) is 5.37. The number of rotatable bonds is 4. The molecule has 0 aliphatic carbocycles. The molecule has 1 heterocycles. The first-order valence-corrected chi connectivity index (χ1v) is 6.01. The molecule has 0 spiro atoms. The molecule has 0 bridgehead atoms. The maximum absolute atomic E-state index is 6.17. The zero-order valence-electron chi connectivity index (χ0n) is 10.3. The van der Waals surface area contributed by atoms with Crippen molar-refractivity contribution in [2.75, 3.05) is 11.9 Å². The first-order chi connectivity index (χ1) is 8.63. The fourth-order valence-electron chi connectivity index (χ4n) is 1.66. The van der Waals surface area contributed by atoms with E-state index in [0.717, 1.165) is 10.6 Å². The largest absolute Gasteiger partial charge is 0.407 e.